The van der Waals surface area contributed by atoms with Crippen molar-refractivity contribution in [3.8, 4) is 11.4 Å². The average molecular weight is 378 g/mol. The number of hydrogen-bond donors (Lipinski definition) is 0. The molecule has 0 bridgehead atoms. The average Bonchev–Trinajstić information content (AvgIpc) is 3.05. The Morgan fingerprint density at radius 2 is 2.12 bits per heavy atom. The first-order chi connectivity index (χ1) is 12.1. The summed E-state index contributed by atoms with van der Waals surface area (Å²) in [4.78, 5) is 11.2. The standard InChI is InChI=1S/C15H12ClN5O3S/c1-2-24-13-6-4-3-5-11(13)20-15(17-18-19-20)25-14-8-7-10(16)9-12(14)21(22)23/h3-9H,2H2,1H3. The van der Waals surface area contributed by atoms with Crippen molar-refractivity contribution < 1.29 is 9.66 Å². The second kappa shape index (κ2) is 7.49. The van der Waals surface area contributed by atoms with E-state index in [4.69, 9.17) is 16.3 Å². The van der Waals surface area contributed by atoms with Crippen molar-refractivity contribution in [2.24, 2.45) is 0 Å². The highest BCUT2D eigenvalue weighted by Gasteiger charge is 2.20. The molecule has 8 nitrogen and oxygen atoms in total. The van der Waals surface area contributed by atoms with Gasteiger partial charge in [-0.05, 0) is 53.4 Å². The second-order valence-corrected chi connectivity index (χ2v) is 6.19. The zero-order valence-corrected chi connectivity index (χ0v) is 14.6. The number of hydrogen-bond acceptors (Lipinski definition) is 7. The molecule has 0 fully saturated rings. The Hall–Kier alpha value is -2.65. The van der Waals surface area contributed by atoms with Gasteiger partial charge in [0.05, 0.1) is 16.4 Å². The fraction of sp³-hybridized carbons (Fsp3) is 0.133. The summed E-state index contributed by atoms with van der Waals surface area (Å²) in [6, 6.07) is 11.7. The van der Waals surface area contributed by atoms with Crippen LogP contribution in [0.15, 0.2) is 52.5 Å². The number of para-hydroxylation sites is 2. The van der Waals surface area contributed by atoms with Gasteiger partial charge in [0, 0.05) is 11.1 Å². The molecule has 0 radical (unpaired) electrons. The number of nitro benzene ring substituents is 1. The van der Waals surface area contributed by atoms with E-state index in [-0.39, 0.29) is 10.7 Å². The molecule has 1 heterocycles. The highest BCUT2D eigenvalue weighted by atomic mass is 35.5. The molecule has 0 spiro atoms. The van der Waals surface area contributed by atoms with Gasteiger partial charge in [-0.25, -0.2) is 0 Å². The largest absolute Gasteiger partial charge is 0.492 e. The van der Waals surface area contributed by atoms with Crippen LogP contribution in [0.1, 0.15) is 6.92 Å². The first-order valence-corrected chi connectivity index (χ1v) is 8.42. The smallest absolute Gasteiger partial charge is 0.284 e. The van der Waals surface area contributed by atoms with Crippen LogP contribution in [0.5, 0.6) is 5.75 Å². The molecule has 0 amide bonds. The van der Waals surface area contributed by atoms with Gasteiger partial charge in [0.1, 0.15) is 11.4 Å². The van der Waals surface area contributed by atoms with Crippen LogP contribution in [-0.2, 0) is 0 Å². The highest BCUT2D eigenvalue weighted by Crippen LogP contribution is 2.36. The Labute approximate surface area is 151 Å². The highest BCUT2D eigenvalue weighted by molar-refractivity contribution is 7.99. The van der Waals surface area contributed by atoms with Gasteiger partial charge in [-0.1, -0.05) is 23.7 Å². The lowest BCUT2D eigenvalue weighted by Gasteiger charge is -2.10. The van der Waals surface area contributed by atoms with Crippen LogP contribution < -0.4 is 4.74 Å². The third kappa shape index (κ3) is 3.72. The van der Waals surface area contributed by atoms with E-state index in [1.807, 2.05) is 25.1 Å². The van der Waals surface area contributed by atoms with E-state index in [0.29, 0.717) is 28.1 Å². The van der Waals surface area contributed by atoms with Crippen molar-refractivity contribution in [2.45, 2.75) is 17.0 Å². The monoisotopic (exact) mass is 377 g/mol. The van der Waals surface area contributed by atoms with Gasteiger partial charge >= 0.3 is 0 Å². The molecule has 0 N–H and O–H groups in total. The molecule has 3 rings (SSSR count). The van der Waals surface area contributed by atoms with E-state index >= 15 is 0 Å². The van der Waals surface area contributed by atoms with Crippen molar-refractivity contribution in [3.05, 3.63) is 57.6 Å². The van der Waals surface area contributed by atoms with E-state index in [9.17, 15) is 10.1 Å². The predicted molar refractivity (Wildman–Crippen MR) is 92.6 cm³/mol. The van der Waals surface area contributed by atoms with E-state index < -0.39 is 4.92 Å². The van der Waals surface area contributed by atoms with Gasteiger partial charge in [-0.2, -0.15) is 4.68 Å². The molecule has 0 unspecified atom stereocenters. The Bertz CT molecular complexity index is 918. The Morgan fingerprint density at radius 3 is 2.88 bits per heavy atom. The SMILES string of the molecule is CCOc1ccccc1-n1nnnc1Sc1ccc(Cl)cc1[N+](=O)[O-]. The third-order valence-corrected chi connectivity index (χ3v) is 4.39. The Kier molecular flexibility index (Phi) is 5.15. The summed E-state index contributed by atoms with van der Waals surface area (Å²) in [6.07, 6.45) is 0. The number of benzene rings is 2. The van der Waals surface area contributed by atoms with Crippen LogP contribution in [0.2, 0.25) is 5.02 Å². The van der Waals surface area contributed by atoms with Crippen LogP contribution in [0.3, 0.4) is 0 Å². The van der Waals surface area contributed by atoms with Crippen molar-refractivity contribution in [1.29, 1.82) is 0 Å². The fourth-order valence-electron chi connectivity index (χ4n) is 2.12. The zero-order chi connectivity index (χ0) is 17.8. The second-order valence-electron chi connectivity index (χ2n) is 4.75. The number of nitro groups is 1. The van der Waals surface area contributed by atoms with Gasteiger partial charge in [-0.15, -0.1) is 5.10 Å². The molecular formula is C15H12ClN5O3S. The van der Waals surface area contributed by atoms with Crippen LogP contribution in [0.4, 0.5) is 5.69 Å². The van der Waals surface area contributed by atoms with Crippen LogP contribution in [0.25, 0.3) is 5.69 Å². The Balaban J connectivity index is 2.01. The number of halogens is 1. The number of rotatable bonds is 6. The molecule has 128 valence electrons. The van der Waals surface area contributed by atoms with Gasteiger partial charge < -0.3 is 4.74 Å². The molecule has 10 heteroatoms. The summed E-state index contributed by atoms with van der Waals surface area (Å²) in [5.74, 6) is 0.616. The minimum absolute atomic E-state index is 0.106. The van der Waals surface area contributed by atoms with Crippen molar-refractivity contribution in [1.82, 2.24) is 20.2 Å². The molecule has 0 saturated heterocycles. The minimum Gasteiger partial charge on any atom is -0.492 e. The maximum atomic E-state index is 11.3. The zero-order valence-electron chi connectivity index (χ0n) is 13.0. The van der Waals surface area contributed by atoms with Gasteiger partial charge in [-0.3, -0.25) is 10.1 Å². The van der Waals surface area contributed by atoms with Crippen molar-refractivity contribution >= 4 is 29.1 Å². The van der Waals surface area contributed by atoms with Crippen LogP contribution >= 0.6 is 23.4 Å². The first kappa shape index (κ1) is 17.2. The summed E-state index contributed by atoms with van der Waals surface area (Å²) in [5, 5.41) is 23.5. The number of ether oxygens (including phenoxy) is 1. The predicted octanol–water partition coefficient (Wildman–Crippen LogP) is 3.77. The molecule has 2 aromatic carbocycles. The maximum absolute atomic E-state index is 11.3. The van der Waals surface area contributed by atoms with Crippen molar-refractivity contribution in [3.63, 3.8) is 0 Å². The van der Waals surface area contributed by atoms with E-state index in [0.717, 1.165) is 11.8 Å². The minimum atomic E-state index is -0.490. The molecule has 0 saturated carbocycles. The van der Waals surface area contributed by atoms with Gasteiger partial charge in [0.25, 0.3) is 5.69 Å². The lowest BCUT2D eigenvalue weighted by Crippen LogP contribution is -2.03. The Morgan fingerprint density at radius 1 is 1.32 bits per heavy atom. The molecule has 25 heavy (non-hydrogen) atoms. The molecule has 0 aliphatic heterocycles. The fourth-order valence-corrected chi connectivity index (χ4v) is 3.16. The van der Waals surface area contributed by atoms with Gasteiger partial charge in [0.15, 0.2) is 0 Å². The number of tetrazole rings is 1. The molecule has 1 aromatic heterocycles. The quantitative estimate of drug-likeness (QED) is 0.476. The first-order valence-electron chi connectivity index (χ1n) is 7.22. The normalized spacial score (nSPS) is 10.6. The van der Waals surface area contributed by atoms with E-state index in [2.05, 4.69) is 15.5 Å². The van der Waals surface area contributed by atoms with Crippen molar-refractivity contribution in [2.75, 3.05) is 6.61 Å². The summed E-state index contributed by atoms with van der Waals surface area (Å²) in [7, 11) is 0. The van der Waals surface area contributed by atoms with E-state index in [1.165, 1.54) is 10.7 Å². The maximum Gasteiger partial charge on any atom is 0.284 e. The summed E-state index contributed by atoms with van der Waals surface area (Å²) < 4.78 is 7.07. The van der Waals surface area contributed by atoms with Crippen LogP contribution in [0, 0.1) is 10.1 Å². The summed E-state index contributed by atoms with van der Waals surface area (Å²) in [6.45, 7) is 2.37. The number of nitrogens with zero attached hydrogens (tertiary/aromatic N) is 5. The lowest BCUT2D eigenvalue weighted by molar-refractivity contribution is -0.387. The molecule has 3 aromatic rings. The molecule has 0 atom stereocenters. The molecular weight excluding hydrogens is 366 g/mol. The summed E-state index contributed by atoms with van der Waals surface area (Å²) in [5.41, 5.74) is 0.540. The molecule has 0 aliphatic rings. The topological polar surface area (TPSA) is 96.0 Å². The molecule has 0 aliphatic carbocycles. The lowest BCUT2D eigenvalue weighted by atomic mass is 10.3. The van der Waals surface area contributed by atoms with Crippen LogP contribution in [-0.4, -0.2) is 31.7 Å². The summed E-state index contributed by atoms with van der Waals surface area (Å²) >= 11 is 6.93. The third-order valence-electron chi connectivity index (χ3n) is 3.15. The van der Waals surface area contributed by atoms with Gasteiger partial charge in [0.2, 0.25) is 5.16 Å². The number of aromatic nitrogens is 4. The van der Waals surface area contributed by atoms with E-state index in [1.54, 1.807) is 18.2 Å².